The number of nitrogens with two attached hydrogens (primary N) is 1. The van der Waals surface area contributed by atoms with E-state index in [0.29, 0.717) is 13.2 Å². The molecule has 5 heteroatoms. The fourth-order valence-electron chi connectivity index (χ4n) is 4.52. The summed E-state index contributed by atoms with van der Waals surface area (Å²) in [5, 5.41) is 1.28. The number of nitrogens with zero attached hydrogens (tertiary/aromatic N) is 2. The Labute approximate surface area is 143 Å². The second-order valence-corrected chi connectivity index (χ2v) is 6.71. The number of aromatic nitrogens is 1. The Morgan fingerprint density at radius 1 is 1.12 bits per heavy atom. The molecule has 0 unspecified atom stereocenters. The van der Waals surface area contributed by atoms with Gasteiger partial charge in [0.1, 0.15) is 0 Å². The van der Waals surface area contributed by atoms with Crippen LogP contribution in [0.15, 0.2) is 30.3 Å². The number of para-hydroxylation sites is 1. The molecule has 2 atom stereocenters. The highest BCUT2D eigenvalue weighted by molar-refractivity contribution is 5.81. The maximum atomic E-state index is 6.77. The summed E-state index contributed by atoms with van der Waals surface area (Å²) < 4.78 is 14.6. The Balaban J connectivity index is 1.78. The van der Waals surface area contributed by atoms with E-state index in [-0.39, 0.29) is 12.1 Å². The second-order valence-electron chi connectivity index (χ2n) is 6.71. The lowest BCUT2D eigenvalue weighted by Crippen LogP contribution is -2.64. The minimum Gasteiger partial charge on any atom is -0.349 e. The molecule has 24 heavy (non-hydrogen) atoms. The molecule has 2 aromatic rings. The van der Waals surface area contributed by atoms with Crippen LogP contribution >= 0.6 is 0 Å². The smallest absolute Gasteiger partial charge is 0.186 e. The molecule has 0 saturated carbocycles. The summed E-state index contributed by atoms with van der Waals surface area (Å²) in [6, 6.07) is 10.8. The monoisotopic (exact) mass is 329 g/mol. The summed E-state index contributed by atoms with van der Waals surface area (Å²) in [6.45, 7) is 8.25. The van der Waals surface area contributed by atoms with Crippen molar-refractivity contribution in [1.82, 2.24) is 9.47 Å². The molecule has 4 rings (SSSR count). The molecule has 5 nitrogen and oxygen atoms in total. The molecule has 2 N–H and O–H groups in total. The quantitative estimate of drug-likeness (QED) is 0.876. The van der Waals surface area contributed by atoms with Crippen molar-refractivity contribution in [1.29, 1.82) is 0 Å². The zero-order valence-corrected chi connectivity index (χ0v) is 14.6. The third-order valence-electron chi connectivity index (χ3n) is 5.52. The lowest BCUT2D eigenvalue weighted by atomic mass is 9.87. The van der Waals surface area contributed by atoms with Gasteiger partial charge in [-0.25, -0.2) is 0 Å². The van der Waals surface area contributed by atoms with Crippen molar-refractivity contribution in [2.75, 3.05) is 26.3 Å². The Kier molecular flexibility index (Phi) is 4.12. The summed E-state index contributed by atoms with van der Waals surface area (Å²) >= 11 is 0. The second kappa shape index (κ2) is 6.15. The Morgan fingerprint density at radius 2 is 1.88 bits per heavy atom. The van der Waals surface area contributed by atoms with Gasteiger partial charge in [0.2, 0.25) is 0 Å². The third kappa shape index (κ3) is 2.30. The molecular formula is C19H27N3O2. The molecule has 0 aliphatic carbocycles. The number of rotatable bonds is 4. The first-order valence-corrected chi connectivity index (χ1v) is 9.06. The van der Waals surface area contributed by atoms with Crippen LogP contribution in [0.3, 0.4) is 0 Å². The van der Waals surface area contributed by atoms with Gasteiger partial charge in [-0.15, -0.1) is 0 Å². The van der Waals surface area contributed by atoms with Crippen LogP contribution in [0.25, 0.3) is 10.9 Å². The van der Waals surface area contributed by atoms with Crippen molar-refractivity contribution in [2.45, 2.75) is 44.7 Å². The van der Waals surface area contributed by atoms with E-state index in [1.165, 1.54) is 16.6 Å². The van der Waals surface area contributed by atoms with E-state index >= 15 is 0 Å². The standard InChI is InChI=1S/C19H27N3O2/c1-3-23-19(24-4-2)9-10-21-11-12-22-15-8-6-5-7-14(15)13-16(22)17(21)18(19)20/h5-8,13,17-18H,3-4,9-12,20H2,1-2H3/t17-,18+/m0/s1. The zero-order valence-electron chi connectivity index (χ0n) is 14.6. The molecule has 0 spiro atoms. The molecule has 3 heterocycles. The van der Waals surface area contributed by atoms with Crippen LogP contribution in [0, 0.1) is 0 Å². The van der Waals surface area contributed by atoms with E-state index in [1.807, 2.05) is 13.8 Å². The number of piperidine rings is 1. The van der Waals surface area contributed by atoms with Gasteiger partial charge < -0.3 is 19.8 Å². The third-order valence-corrected chi connectivity index (χ3v) is 5.52. The highest BCUT2D eigenvalue weighted by atomic mass is 16.7. The summed E-state index contributed by atoms with van der Waals surface area (Å²) in [5.41, 5.74) is 9.36. The SMILES string of the molecule is CCOC1(OCC)CCN2CCn3c(cc4ccccc43)[C@H]2[C@H]1N. The molecular weight excluding hydrogens is 302 g/mol. The van der Waals surface area contributed by atoms with Crippen molar-refractivity contribution in [3.8, 4) is 0 Å². The van der Waals surface area contributed by atoms with Gasteiger partial charge in [-0.1, -0.05) is 18.2 Å². The highest BCUT2D eigenvalue weighted by Gasteiger charge is 2.51. The molecule has 2 aliphatic rings. The van der Waals surface area contributed by atoms with Crippen molar-refractivity contribution in [3.05, 3.63) is 36.0 Å². The molecule has 0 bridgehead atoms. The lowest BCUT2D eigenvalue weighted by molar-refractivity contribution is -0.273. The first-order chi connectivity index (χ1) is 11.7. The normalized spacial score (nSPS) is 26.3. The first-order valence-electron chi connectivity index (χ1n) is 9.06. The first kappa shape index (κ1) is 16.1. The minimum atomic E-state index is -0.677. The van der Waals surface area contributed by atoms with E-state index in [4.69, 9.17) is 15.2 Å². The Bertz CT molecular complexity index is 720. The fraction of sp³-hybridized carbons (Fsp3) is 0.579. The van der Waals surface area contributed by atoms with Gasteiger partial charge in [0.15, 0.2) is 5.79 Å². The summed E-state index contributed by atoms with van der Waals surface area (Å²) in [4.78, 5) is 2.50. The summed E-state index contributed by atoms with van der Waals surface area (Å²) in [5.74, 6) is -0.677. The van der Waals surface area contributed by atoms with Crippen molar-refractivity contribution < 1.29 is 9.47 Å². The molecule has 1 saturated heterocycles. The van der Waals surface area contributed by atoms with Crippen molar-refractivity contribution >= 4 is 10.9 Å². The van der Waals surface area contributed by atoms with Crippen molar-refractivity contribution in [3.63, 3.8) is 0 Å². The van der Waals surface area contributed by atoms with Gasteiger partial charge in [0, 0.05) is 50.5 Å². The van der Waals surface area contributed by atoms with Gasteiger partial charge >= 0.3 is 0 Å². The maximum absolute atomic E-state index is 6.77. The predicted octanol–water partition coefficient (Wildman–Crippen LogP) is 2.50. The van der Waals surface area contributed by atoms with Crippen LogP contribution < -0.4 is 5.73 Å². The Morgan fingerprint density at radius 3 is 2.62 bits per heavy atom. The fourth-order valence-corrected chi connectivity index (χ4v) is 4.52. The van der Waals surface area contributed by atoms with E-state index in [0.717, 1.165) is 26.1 Å². The Hall–Kier alpha value is -1.40. The number of ether oxygens (including phenoxy) is 2. The number of hydrogen-bond donors (Lipinski definition) is 1. The van der Waals surface area contributed by atoms with Crippen LogP contribution in [-0.4, -0.2) is 47.6 Å². The average molecular weight is 329 g/mol. The van der Waals surface area contributed by atoms with Crippen LogP contribution in [0.2, 0.25) is 0 Å². The van der Waals surface area contributed by atoms with Gasteiger partial charge in [0.25, 0.3) is 0 Å². The predicted molar refractivity (Wildman–Crippen MR) is 94.8 cm³/mol. The van der Waals surface area contributed by atoms with Crippen LogP contribution in [0.1, 0.15) is 32.0 Å². The van der Waals surface area contributed by atoms with E-state index in [9.17, 15) is 0 Å². The van der Waals surface area contributed by atoms with E-state index in [2.05, 4.69) is 39.8 Å². The van der Waals surface area contributed by atoms with E-state index < -0.39 is 5.79 Å². The van der Waals surface area contributed by atoms with Gasteiger partial charge in [-0.05, 0) is 31.4 Å². The lowest BCUT2D eigenvalue weighted by Gasteiger charge is -2.52. The topological polar surface area (TPSA) is 52.7 Å². The van der Waals surface area contributed by atoms with Gasteiger partial charge in [-0.2, -0.15) is 0 Å². The number of fused-ring (bicyclic) bond motifs is 5. The number of hydrogen-bond acceptors (Lipinski definition) is 4. The minimum absolute atomic E-state index is 0.137. The molecule has 2 aliphatic heterocycles. The molecule has 0 amide bonds. The van der Waals surface area contributed by atoms with Crippen LogP contribution in [-0.2, 0) is 16.0 Å². The van der Waals surface area contributed by atoms with E-state index in [1.54, 1.807) is 0 Å². The zero-order chi connectivity index (χ0) is 16.7. The molecule has 130 valence electrons. The maximum Gasteiger partial charge on any atom is 0.186 e. The number of benzene rings is 1. The summed E-state index contributed by atoms with van der Waals surface area (Å²) in [6.07, 6.45) is 0.826. The summed E-state index contributed by atoms with van der Waals surface area (Å²) in [7, 11) is 0. The highest BCUT2D eigenvalue weighted by Crippen LogP contribution is 2.42. The van der Waals surface area contributed by atoms with Crippen LogP contribution in [0.4, 0.5) is 0 Å². The molecule has 1 fully saturated rings. The van der Waals surface area contributed by atoms with Crippen molar-refractivity contribution in [2.24, 2.45) is 5.73 Å². The largest absolute Gasteiger partial charge is 0.349 e. The van der Waals surface area contributed by atoms with Gasteiger partial charge in [-0.3, -0.25) is 4.90 Å². The molecule has 1 aromatic carbocycles. The molecule has 1 aromatic heterocycles. The average Bonchev–Trinajstić information content (AvgIpc) is 2.97. The molecule has 0 radical (unpaired) electrons. The van der Waals surface area contributed by atoms with Gasteiger partial charge in [0.05, 0.1) is 12.1 Å². The van der Waals surface area contributed by atoms with Crippen LogP contribution in [0.5, 0.6) is 0 Å².